The summed E-state index contributed by atoms with van der Waals surface area (Å²) in [6.45, 7) is 7.79. The number of aryl methyl sites for hydroxylation is 1. The normalized spacial score (nSPS) is 12.0. The minimum absolute atomic E-state index is 0.413. The van der Waals surface area contributed by atoms with Crippen molar-refractivity contribution in [3.05, 3.63) is 27.2 Å². The minimum atomic E-state index is -0.413. The molecule has 1 unspecified atom stereocenters. The van der Waals surface area contributed by atoms with Gasteiger partial charge in [0.2, 0.25) is 0 Å². The van der Waals surface area contributed by atoms with Crippen molar-refractivity contribution in [2.45, 2.75) is 33.8 Å². The molecular weight excluding hydrogens is 254 g/mol. The molecule has 0 heterocycles. The molecule has 0 aromatic heterocycles. The maximum Gasteiger partial charge on any atom is 0.181 e. The minimum Gasteiger partial charge on any atom is -0.476 e. The first-order valence-corrected chi connectivity index (χ1v) is 5.59. The van der Waals surface area contributed by atoms with Crippen molar-refractivity contribution in [1.82, 2.24) is 0 Å². The standard InChI is InChI=1S/C12H14BrNO/c1-7-5-11(15-8(2)6-14)9(3)10(4)12(7)13/h5,8H,1-4H3. The Morgan fingerprint density at radius 1 is 1.33 bits per heavy atom. The summed E-state index contributed by atoms with van der Waals surface area (Å²) >= 11 is 3.53. The number of ether oxygens (including phenoxy) is 1. The highest BCUT2D eigenvalue weighted by molar-refractivity contribution is 9.10. The molecule has 0 bridgehead atoms. The molecule has 0 radical (unpaired) electrons. The van der Waals surface area contributed by atoms with Crippen LogP contribution in [0.5, 0.6) is 5.75 Å². The van der Waals surface area contributed by atoms with Crippen molar-refractivity contribution in [2.75, 3.05) is 0 Å². The topological polar surface area (TPSA) is 33.0 Å². The van der Waals surface area contributed by atoms with E-state index in [0.29, 0.717) is 0 Å². The first-order chi connectivity index (χ1) is 6.97. The Hall–Kier alpha value is -1.01. The lowest BCUT2D eigenvalue weighted by Gasteiger charge is -2.15. The van der Waals surface area contributed by atoms with Crippen LogP contribution < -0.4 is 4.74 Å². The molecule has 1 atom stereocenters. The number of hydrogen-bond donors (Lipinski definition) is 0. The first kappa shape index (κ1) is 12.1. The third kappa shape index (κ3) is 2.51. The molecule has 1 aromatic rings. The van der Waals surface area contributed by atoms with Crippen LogP contribution in [0.4, 0.5) is 0 Å². The van der Waals surface area contributed by atoms with Crippen molar-refractivity contribution in [3.8, 4) is 11.8 Å². The van der Waals surface area contributed by atoms with Gasteiger partial charge in [-0.1, -0.05) is 15.9 Å². The van der Waals surface area contributed by atoms with Gasteiger partial charge in [0.05, 0.1) is 0 Å². The Morgan fingerprint density at radius 2 is 1.93 bits per heavy atom. The van der Waals surface area contributed by atoms with Gasteiger partial charge >= 0.3 is 0 Å². The van der Waals surface area contributed by atoms with Crippen LogP contribution in [0.1, 0.15) is 23.6 Å². The van der Waals surface area contributed by atoms with Gasteiger partial charge in [-0.15, -0.1) is 0 Å². The van der Waals surface area contributed by atoms with Crippen LogP contribution in [0.25, 0.3) is 0 Å². The van der Waals surface area contributed by atoms with Gasteiger partial charge in [0.15, 0.2) is 6.10 Å². The fourth-order valence-electron chi connectivity index (χ4n) is 1.35. The van der Waals surface area contributed by atoms with Crippen LogP contribution in [-0.4, -0.2) is 6.10 Å². The summed E-state index contributed by atoms with van der Waals surface area (Å²) in [7, 11) is 0. The summed E-state index contributed by atoms with van der Waals surface area (Å²) < 4.78 is 6.64. The van der Waals surface area contributed by atoms with E-state index in [-0.39, 0.29) is 0 Å². The second kappa shape index (κ2) is 4.67. The summed E-state index contributed by atoms with van der Waals surface area (Å²) in [5, 5.41) is 8.70. The molecule has 0 aliphatic rings. The quantitative estimate of drug-likeness (QED) is 0.819. The Bertz CT molecular complexity index is 421. The maximum atomic E-state index is 8.70. The molecule has 15 heavy (non-hydrogen) atoms. The van der Waals surface area contributed by atoms with Crippen LogP contribution in [0.15, 0.2) is 10.5 Å². The van der Waals surface area contributed by atoms with E-state index < -0.39 is 6.10 Å². The van der Waals surface area contributed by atoms with E-state index in [1.54, 1.807) is 6.92 Å². The maximum absolute atomic E-state index is 8.70. The highest BCUT2D eigenvalue weighted by atomic mass is 79.9. The average molecular weight is 268 g/mol. The van der Waals surface area contributed by atoms with Crippen molar-refractivity contribution >= 4 is 15.9 Å². The molecule has 1 aromatic carbocycles. The lowest BCUT2D eigenvalue weighted by atomic mass is 10.1. The van der Waals surface area contributed by atoms with Gasteiger partial charge < -0.3 is 4.74 Å². The summed E-state index contributed by atoms with van der Waals surface area (Å²) in [5.41, 5.74) is 3.36. The second-order valence-corrected chi connectivity index (χ2v) is 4.44. The predicted molar refractivity (Wildman–Crippen MR) is 64.1 cm³/mol. The van der Waals surface area contributed by atoms with E-state index in [1.165, 1.54) is 0 Å². The molecule has 0 spiro atoms. The lowest BCUT2D eigenvalue weighted by Crippen LogP contribution is -2.09. The van der Waals surface area contributed by atoms with Crippen LogP contribution in [0.3, 0.4) is 0 Å². The SMILES string of the molecule is Cc1cc(OC(C)C#N)c(C)c(C)c1Br. The van der Waals surface area contributed by atoms with Crippen LogP contribution >= 0.6 is 15.9 Å². The van der Waals surface area contributed by atoms with Gasteiger partial charge in [-0.3, -0.25) is 0 Å². The Kier molecular flexibility index (Phi) is 3.76. The summed E-state index contributed by atoms with van der Waals surface area (Å²) in [5.74, 6) is 0.794. The van der Waals surface area contributed by atoms with E-state index in [0.717, 1.165) is 26.9 Å². The lowest BCUT2D eigenvalue weighted by molar-refractivity contribution is 0.274. The summed E-state index contributed by atoms with van der Waals surface area (Å²) in [4.78, 5) is 0. The van der Waals surface area contributed by atoms with Gasteiger partial charge in [-0.25, -0.2) is 0 Å². The van der Waals surface area contributed by atoms with Gasteiger partial charge in [0.25, 0.3) is 0 Å². The van der Waals surface area contributed by atoms with Gasteiger partial charge in [0.1, 0.15) is 11.8 Å². The zero-order chi connectivity index (χ0) is 11.6. The van der Waals surface area contributed by atoms with E-state index >= 15 is 0 Å². The number of halogens is 1. The van der Waals surface area contributed by atoms with Crippen molar-refractivity contribution in [3.63, 3.8) is 0 Å². The number of benzene rings is 1. The Labute approximate surface area is 99.0 Å². The molecular formula is C12H14BrNO. The first-order valence-electron chi connectivity index (χ1n) is 4.80. The monoisotopic (exact) mass is 267 g/mol. The molecule has 1 rings (SSSR count). The molecule has 3 heteroatoms. The van der Waals surface area contributed by atoms with Gasteiger partial charge in [0, 0.05) is 4.47 Å². The molecule has 80 valence electrons. The summed E-state index contributed by atoms with van der Waals surface area (Å²) in [6, 6.07) is 4.02. The van der Waals surface area contributed by atoms with Crippen LogP contribution in [-0.2, 0) is 0 Å². The third-order valence-corrected chi connectivity index (χ3v) is 3.66. The van der Waals surface area contributed by atoms with Gasteiger partial charge in [-0.2, -0.15) is 5.26 Å². The molecule has 0 fully saturated rings. The van der Waals surface area contributed by atoms with E-state index in [4.69, 9.17) is 10.00 Å². The van der Waals surface area contributed by atoms with Crippen molar-refractivity contribution < 1.29 is 4.74 Å². The number of hydrogen-bond acceptors (Lipinski definition) is 2. The van der Waals surface area contributed by atoms with Crippen molar-refractivity contribution in [2.24, 2.45) is 0 Å². The largest absolute Gasteiger partial charge is 0.476 e. The average Bonchev–Trinajstić information content (AvgIpc) is 2.22. The number of rotatable bonds is 2. The smallest absolute Gasteiger partial charge is 0.181 e. The van der Waals surface area contributed by atoms with E-state index in [9.17, 15) is 0 Å². The fraction of sp³-hybridized carbons (Fsp3) is 0.417. The van der Waals surface area contributed by atoms with E-state index in [1.807, 2.05) is 26.8 Å². The molecule has 0 saturated carbocycles. The van der Waals surface area contributed by atoms with Gasteiger partial charge in [-0.05, 0) is 50.5 Å². The fourth-order valence-corrected chi connectivity index (χ4v) is 1.76. The van der Waals surface area contributed by atoms with Crippen LogP contribution in [0.2, 0.25) is 0 Å². The molecule has 0 amide bonds. The zero-order valence-corrected chi connectivity index (χ0v) is 11.0. The summed E-state index contributed by atoms with van der Waals surface area (Å²) in [6.07, 6.45) is -0.413. The Morgan fingerprint density at radius 3 is 2.47 bits per heavy atom. The number of nitriles is 1. The zero-order valence-electron chi connectivity index (χ0n) is 9.39. The van der Waals surface area contributed by atoms with Crippen molar-refractivity contribution in [1.29, 1.82) is 5.26 Å². The molecule has 2 nitrogen and oxygen atoms in total. The molecule has 0 N–H and O–H groups in total. The highest BCUT2D eigenvalue weighted by Crippen LogP contribution is 2.31. The second-order valence-electron chi connectivity index (χ2n) is 3.64. The molecule has 0 saturated heterocycles. The highest BCUT2D eigenvalue weighted by Gasteiger charge is 2.11. The van der Waals surface area contributed by atoms with Crippen LogP contribution in [0, 0.1) is 32.1 Å². The molecule has 0 aliphatic carbocycles. The number of nitrogens with zero attached hydrogens (tertiary/aromatic N) is 1. The van der Waals surface area contributed by atoms with E-state index in [2.05, 4.69) is 22.0 Å². The predicted octanol–water partition coefficient (Wildman–Crippen LogP) is 3.67. The Balaban J connectivity index is 3.16. The molecule has 0 aliphatic heterocycles. The third-order valence-electron chi connectivity index (χ3n) is 2.44.